The molecule has 1 saturated heterocycles. The van der Waals surface area contributed by atoms with Crippen LogP contribution >= 0.6 is 11.6 Å². The summed E-state index contributed by atoms with van der Waals surface area (Å²) in [5, 5.41) is 18.4. The van der Waals surface area contributed by atoms with Gasteiger partial charge in [0.25, 0.3) is 0 Å². The van der Waals surface area contributed by atoms with E-state index in [0.29, 0.717) is 23.2 Å². The number of piperidine rings is 1. The van der Waals surface area contributed by atoms with Gasteiger partial charge in [0, 0.05) is 40.9 Å². The lowest BCUT2D eigenvalue weighted by molar-refractivity contribution is 0.197. The molecule has 0 bridgehead atoms. The first-order chi connectivity index (χ1) is 13.1. The number of likely N-dealkylation sites (tertiary alicyclic amines) is 1. The van der Waals surface area contributed by atoms with Crippen molar-refractivity contribution < 1.29 is 5.11 Å². The summed E-state index contributed by atoms with van der Waals surface area (Å²) in [6.45, 7) is 4.78. The highest BCUT2D eigenvalue weighted by Gasteiger charge is 2.25. The fourth-order valence-electron chi connectivity index (χ4n) is 4.01. The van der Waals surface area contributed by atoms with Gasteiger partial charge in [-0.3, -0.25) is 10.00 Å². The molecular weight excluding hydrogens is 358 g/mol. The van der Waals surface area contributed by atoms with Crippen molar-refractivity contribution in [2.75, 3.05) is 13.1 Å². The highest BCUT2D eigenvalue weighted by molar-refractivity contribution is 6.30. The van der Waals surface area contributed by atoms with Crippen molar-refractivity contribution >= 4 is 11.6 Å². The van der Waals surface area contributed by atoms with E-state index in [-0.39, 0.29) is 0 Å². The summed E-state index contributed by atoms with van der Waals surface area (Å²) < 4.78 is 0. The molecule has 0 radical (unpaired) electrons. The molecule has 2 aromatic carbocycles. The minimum Gasteiger partial charge on any atom is -0.508 e. The van der Waals surface area contributed by atoms with Gasteiger partial charge in [-0.25, -0.2) is 0 Å². The van der Waals surface area contributed by atoms with Crippen LogP contribution in [0.5, 0.6) is 5.75 Å². The number of hydrogen-bond acceptors (Lipinski definition) is 3. The molecule has 140 valence electrons. The van der Waals surface area contributed by atoms with Crippen LogP contribution in [0.4, 0.5) is 0 Å². The largest absolute Gasteiger partial charge is 0.508 e. The van der Waals surface area contributed by atoms with Crippen LogP contribution in [0.1, 0.15) is 35.6 Å². The molecule has 1 atom stereocenters. The number of aryl methyl sites for hydroxylation is 1. The first-order valence-electron chi connectivity index (χ1n) is 9.40. The van der Waals surface area contributed by atoms with Crippen molar-refractivity contribution in [3.05, 3.63) is 70.5 Å². The molecule has 1 fully saturated rings. The number of aromatic nitrogens is 2. The normalized spacial score (nSPS) is 17.9. The molecule has 0 spiro atoms. The third-order valence-electron chi connectivity index (χ3n) is 5.35. The number of phenols is 1. The molecule has 27 heavy (non-hydrogen) atoms. The molecule has 1 aromatic heterocycles. The molecule has 4 rings (SSSR count). The molecule has 1 aliphatic rings. The zero-order valence-corrected chi connectivity index (χ0v) is 16.2. The number of aromatic hydroxyl groups is 1. The number of hydrogen-bond donors (Lipinski definition) is 2. The number of nitrogens with zero attached hydrogens (tertiary/aromatic N) is 2. The van der Waals surface area contributed by atoms with Gasteiger partial charge < -0.3 is 5.11 Å². The molecule has 0 unspecified atom stereocenters. The fourth-order valence-corrected chi connectivity index (χ4v) is 4.20. The minimum atomic E-state index is 0.309. The number of aromatic amines is 1. The van der Waals surface area contributed by atoms with Crippen LogP contribution in [0.2, 0.25) is 5.02 Å². The Kier molecular flexibility index (Phi) is 5.19. The highest BCUT2D eigenvalue weighted by atomic mass is 35.5. The van der Waals surface area contributed by atoms with Crippen molar-refractivity contribution in [1.82, 2.24) is 15.1 Å². The monoisotopic (exact) mass is 381 g/mol. The number of H-pyrrole nitrogens is 1. The van der Waals surface area contributed by atoms with E-state index in [1.807, 2.05) is 12.3 Å². The molecular formula is C22H24ClN3O. The smallest absolute Gasteiger partial charge is 0.120 e. The molecule has 4 nitrogen and oxygen atoms in total. The lowest BCUT2D eigenvalue weighted by Crippen LogP contribution is -2.34. The zero-order chi connectivity index (χ0) is 18.8. The lowest BCUT2D eigenvalue weighted by atomic mass is 9.90. The molecule has 2 heterocycles. The van der Waals surface area contributed by atoms with Crippen LogP contribution in [-0.2, 0) is 6.54 Å². The summed E-state index contributed by atoms with van der Waals surface area (Å²) in [5.74, 6) is 0.710. The Balaban J connectivity index is 1.54. The molecule has 0 amide bonds. The molecule has 1 aliphatic heterocycles. The SMILES string of the molecule is Cc1cccc(-c2cn[nH]c2[C@H]2CCCN(Cc3cc(Cl)ccc3O)C2)c1. The standard InChI is InChI=1S/C22H24ClN3O/c1-15-4-2-5-16(10-15)20-12-24-25-22(20)17-6-3-9-26(13-17)14-18-11-19(23)7-8-21(18)27/h2,4-5,7-8,10-12,17,27H,3,6,9,13-14H2,1H3,(H,24,25)/t17-/m0/s1. The Morgan fingerprint density at radius 2 is 2.15 bits per heavy atom. The van der Waals surface area contributed by atoms with Crippen molar-refractivity contribution in [2.45, 2.75) is 32.2 Å². The lowest BCUT2D eigenvalue weighted by Gasteiger charge is -2.33. The summed E-state index contributed by atoms with van der Waals surface area (Å²) in [6, 6.07) is 13.8. The van der Waals surface area contributed by atoms with Gasteiger partial charge >= 0.3 is 0 Å². The fraction of sp³-hybridized carbons (Fsp3) is 0.318. The topological polar surface area (TPSA) is 52.2 Å². The molecule has 0 saturated carbocycles. The van der Waals surface area contributed by atoms with Crippen LogP contribution in [0.3, 0.4) is 0 Å². The summed E-state index contributed by atoms with van der Waals surface area (Å²) in [5.41, 5.74) is 5.74. The number of benzene rings is 2. The maximum Gasteiger partial charge on any atom is 0.120 e. The Morgan fingerprint density at radius 3 is 3.00 bits per heavy atom. The van der Waals surface area contributed by atoms with Gasteiger partial charge in [0.1, 0.15) is 5.75 Å². The predicted octanol–water partition coefficient (Wildman–Crippen LogP) is 5.12. The Bertz CT molecular complexity index is 937. The van der Waals surface area contributed by atoms with Crippen molar-refractivity contribution in [1.29, 1.82) is 0 Å². The van der Waals surface area contributed by atoms with E-state index in [9.17, 15) is 5.11 Å². The van der Waals surface area contributed by atoms with Gasteiger partial charge in [0.15, 0.2) is 0 Å². The first kappa shape index (κ1) is 18.1. The number of phenolic OH excluding ortho intramolecular Hbond substituents is 1. The highest BCUT2D eigenvalue weighted by Crippen LogP contribution is 2.34. The number of nitrogens with one attached hydrogen (secondary N) is 1. The third kappa shape index (κ3) is 4.02. The average Bonchev–Trinajstić information content (AvgIpc) is 3.15. The summed E-state index contributed by atoms with van der Waals surface area (Å²) in [7, 11) is 0. The van der Waals surface area contributed by atoms with Crippen LogP contribution in [-0.4, -0.2) is 33.3 Å². The van der Waals surface area contributed by atoms with Crippen molar-refractivity contribution in [3.8, 4) is 16.9 Å². The summed E-state index contributed by atoms with van der Waals surface area (Å²) >= 11 is 6.10. The zero-order valence-electron chi connectivity index (χ0n) is 15.5. The van der Waals surface area contributed by atoms with Crippen molar-refractivity contribution in [2.24, 2.45) is 0 Å². The second-order valence-electron chi connectivity index (χ2n) is 7.41. The Morgan fingerprint density at radius 1 is 1.26 bits per heavy atom. The van der Waals surface area contributed by atoms with Gasteiger partial charge in [-0.15, -0.1) is 0 Å². The molecule has 2 N–H and O–H groups in total. The Hall–Kier alpha value is -2.30. The van der Waals surface area contributed by atoms with E-state index >= 15 is 0 Å². The van der Waals surface area contributed by atoms with E-state index in [1.165, 1.54) is 22.4 Å². The first-order valence-corrected chi connectivity index (χ1v) is 9.78. The van der Waals surface area contributed by atoms with E-state index in [0.717, 1.165) is 31.5 Å². The summed E-state index contributed by atoms with van der Waals surface area (Å²) in [6.07, 6.45) is 4.20. The van der Waals surface area contributed by atoms with Crippen LogP contribution < -0.4 is 0 Å². The maximum atomic E-state index is 10.1. The van der Waals surface area contributed by atoms with Gasteiger partial charge in [-0.1, -0.05) is 41.4 Å². The molecule has 5 heteroatoms. The van der Waals surface area contributed by atoms with Gasteiger partial charge in [0.2, 0.25) is 0 Å². The van der Waals surface area contributed by atoms with Gasteiger partial charge in [-0.05, 0) is 50.1 Å². The van der Waals surface area contributed by atoms with E-state index < -0.39 is 0 Å². The molecule has 0 aliphatic carbocycles. The van der Waals surface area contributed by atoms with Crippen molar-refractivity contribution in [3.63, 3.8) is 0 Å². The summed E-state index contributed by atoms with van der Waals surface area (Å²) in [4.78, 5) is 2.39. The van der Waals surface area contributed by atoms with Crippen LogP contribution in [0.25, 0.3) is 11.1 Å². The average molecular weight is 382 g/mol. The number of halogens is 1. The quantitative estimate of drug-likeness (QED) is 0.659. The Labute approximate surface area is 164 Å². The van der Waals surface area contributed by atoms with Gasteiger partial charge in [0.05, 0.1) is 6.20 Å². The number of rotatable bonds is 4. The molecule has 3 aromatic rings. The second kappa shape index (κ2) is 7.75. The minimum absolute atomic E-state index is 0.309. The maximum absolute atomic E-state index is 10.1. The predicted molar refractivity (Wildman–Crippen MR) is 109 cm³/mol. The van der Waals surface area contributed by atoms with Gasteiger partial charge in [-0.2, -0.15) is 5.10 Å². The van der Waals surface area contributed by atoms with Crippen LogP contribution in [0, 0.1) is 6.92 Å². The second-order valence-corrected chi connectivity index (χ2v) is 7.85. The van der Waals surface area contributed by atoms with E-state index in [4.69, 9.17) is 11.6 Å². The van der Waals surface area contributed by atoms with Crippen LogP contribution in [0.15, 0.2) is 48.7 Å². The van der Waals surface area contributed by atoms with E-state index in [2.05, 4.69) is 46.3 Å². The van der Waals surface area contributed by atoms with E-state index in [1.54, 1.807) is 12.1 Å². The third-order valence-corrected chi connectivity index (χ3v) is 5.58.